The van der Waals surface area contributed by atoms with Crippen molar-refractivity contribution in [2.75, 3.05) is 0 Å². The van der Waals surface area contributed by atoms with Crippen molar-refractivity contribution in [2.45, 2.75) is 0 Å². The lowest BCUT2D eigenvalue weighted by molar-refractivity contribution is 1.17. The first-order valence-electron chi connectivity index (χ1n) is 14.5. The summed E-state index contributed by atoms with van der Waals surface area (Å²) in [6.07, 6.45) is 5.81. The van der Waals surface area contributed by atoms with Gasteiger partial charge in [0.15, 0.2) is 5.65 Å². The highest BCUT2D eigenvalue weighted by Crippen LogP contribution is 2.45. The molecule has 10 rings (SSSR count). The maximum atomic E-state index is 4.80. The number of hydrogen-bond donors (Lipinski definition) is 0. The van der Waals surface area contributed by atoms with E-state index in [1.807, 2.05) is 18.5 Å². The van der Waals surface area contributed by atoms with Crippen LogP contribution in [-0.4, -0.2) is 23.5 Å². The SMILES string of the molecule is c1ccc(-n2c3ccc4c5ccccc5n(-c5ccccc5)c4c3c3c2ccc2c4cccnc4c4nccn4c23)cc1. The van der Waals surface area contributed by atoms with E-state index >= 15 is 0 Å². The quantitative estimate of drug-likeness (QED) is 0.202. The number of pyridine rings is 2. The number of aromatic nitrogens is 5. The number of benzene rings is 5. The van der Waals surface area contributed by atoms with Gasteiger partial charge >= 0.3 is 0 Å². The maximum Gasteiger partial charge on any atom is 0.163 e. The van der Waals surface area contributed by atoms with Crippen LogP contribution in [0.25, 0.3) is 82.4 Å². The Labute approximate surface area is 245 Å². The Balaban J connectivity index is 1.57. The Morgan fingerprint density at radius 1 is 0.419 bits per heavy atom. The molecule has 10 aromatic rings. The van der Waals surface area contributed by atoms with Gasteiger partial charge in [-0.1, -0.05) is 72.8 Å². The summed E-state index contributed by atoms with van der Waals surface area (Å²) in [4.78, 5) is 9.57. The van der Waals surface area contributed by atoms with E-state index in [2.05, 4.69) is 135 Å². The number of nitrogens with zero attached hydrogens (tertiary/aromatic N) is 5. The van der Waals surface area contributed by atoms with Crippen LogP contribution in [0, 0.1) is 0 Å². The second kappa shape index (κ2) is 8.30. The minimum atomic E-state index is 0.868. The first kappa shape index (κ1) is 22.7. The van der Waals surface area contributed by atoms with Crippen LogP contribution >= 0.6 is 0 Å². The largest absolute Gasteiger partial charge is 0.309 e. The third kappa shape index (κ3) is 2.90. The Kier molecular flexibility index (Phi) is 4.39. The topological polar surface area (TPSA) is 40.0 Å². The van der Waals surface area contributed by atoms with Gasteiger partial charge in [0.05, 0.1) is 27.6 Å². The zero-order valence-corrected chi connectivity index (χ0v) is 23.0. The van der Waals surface area contributed by atoms with Gasteiger partial charge in [0.25, 0.3) is 0 Å². The molecule has 5 heteroatoms. The number of imidazole rings is 1. The van der Waals surface area contributed by atoms with Crippen molar-refractivity contribution in [1.29, 1.82) is 0 Å². The van der Waals surface area contributed by atoms with Crippen LogP contribution < -0.4 is 0 Å². The molecule has 5 aromatic carbocycles. The number of hydrogen-bond acceptors (Lipinski definition) is 2. The van der Waals surface area contributed by atoms with Gasteiger partial charge in [0.2, 0.25) is 0 Å². The molecule has 5 nitrogen and oxygen atoms in total. The van der Waals surface area contributed by atoms with Crippen LogP contribution in [0.4, 0.5) is 0 Å². The smallest absolute Gasteiger partial charge is 0.163 e. The van der Waals surface area contributed by atoms with E-state index in [0.29, 0.717) is 0 Å². The first-order chi connectivity index (χ1) is 21.4. The summed E-state index contributed by atoms with van der Waals surface area (Å²) in [5, 5.41) is 7.17. The fraction of sp³-hybridized carbons (Fsp3) is 0. The molecule has 0 amide bonds. The van der Waals surface area contributed by atoms with E-state index in [4.69, 9.17) is 9.97 Å². The summed E-state index contributed by atoms with van der Waals surface area (Å²) in [6.45, 7) is 0. The molecule has 0 aliphatic carbocycles. The highest BCUT2D eigenvalue weighted by Gasteiger charge is 2.24. The molecule has 5 aromatic heterocycles. The van der Waals surface area contributed by atoms with Crippen LogP contribution in [0.15, 0.2) is 140 Å². The summed E-state index contributed by atoms with van der Waals surface area (Å²) in [5.41, 5.74) is 9.92. The summed E-state index contributed by atoms with van der Waals surface area (Å²) in [5.74, 6) is 0. The fourth-order valence-electron chi connectivity index (χ4n) is 7.25. The third-order valence-electron chi connectivity index (χ3n) is 8.92. The van der Waals surface area contributed by atoms with E-state index in [1.165, 1.54) is 38.1 Å². The highest BCUT2D eigenvalue weighted by molar-refractivity contribution is 6.32. The molecule has 0 saturated carbocycles. The molecule has 0 bridgehead atoms. The van der Waals surface area contributed by atoms with Crippen molar-refractivity contribution in [3.8, 4) is 11.4 Å². The predicted octanol–water partition coefficient (Wildman–Crippen LogP) is 9.23. The van der Waals surface area contributed by atoms with Crippen LogP contribution in [0.1, 0.15) is 0 Å². The molecule has 0 aliphatic heterocycles. The first-order valence-corrected chi connectivity index (χ1v) is 14.5. The predicted molar refractivity (Wildman–Crippen MR) is 177 cm³/mol. The average Bonchev–Trinajstić information content (AvgIpc) is 3.78. The van der Waals surface area contributed by atoms with Crippen LogP contribution in [0.5, 0.6) is 0 Å². The van der Waals surface area contributed by atoms with E-state index in [9.17, 15) is 0 Å². The fourth-order valence-corrected chi connectivity index (χ4v) is 7.25. The molecular formula is C38H23N5. The number of fused-ring (bicyclic) bond motifs is 14. The molecule has 0 N–H and O–H groups in total. The zero-order chi connectivity index (χ0) is 28.1. The molecule has 43 heavy (non-hydrogen) atoms. The molecule has 0 unspecified atom stereocenters. The zero-order valence-electron chi connectivity index (χ0n) is 23.0. The van der Waals surface area contributed by atoms with Crippen LogP contribution in [-0.2, 0) is 0 Å². The van der Waals surface area contributed by atoms with Crippen LogP contribution in [0.2, 0.25) is 0 Å². The lowest BCUT2D eigenvalue weighted by atomic mass is 10.0. The van der Waals surface area contributed by atoms with Gasteiger partial charge in [-0.2, -0.15) is 0 Å². The van der Waals surface area contributed by atoms with Gasteiger partial charge in [-0.05, 0) is 48.5 Å². The summed E-state index contributed by atoms with van der Waals surface area (Å²) in [7, 11) is 0. The van der Waals surface area contributed by atoms with Crippen molar-refractivity contribution in [2.24, 2.45) is 0 Å². The Hall–Kier alpha value is -5.94. The van der Waals surface area contributed by atoms with Gasteiger partial charge in [-0.3, -0.25) is 9.38 Å². The van der Waals surface area contributed by atoms with Crippen molar-refractivity contribution < 1.29 is 0 Å². The highest BCUT2D eigenvalue weighted by atomic mass is 15.0. The number of para-hydroxylation sites is 3. The molecular weight excluding hydrogens is 526 g/mol. The molecule has 0 aliphatic rings. The van der Waals surface area contributed by atoms with E-state index in [1.54, 1.807) is 0 Å². The third-order valence-corrected chi connectivity index (χ3v) is 8.92. The van der Waals surface area contributed by atoms with Crippen LogP contribution in [0.3, 0.4) is 0 Å². The Morgan fingerprint density at radius 2 is 1.05 bits per heavy atom. The summed E-state index contributed by atoms with van der Waals surface area (Å²) < 4.78 is 7.08. The molecule has 0 fully saturated rings. The van der Waals surface area contributed by atoms with E-state index < -0.39 is 0 Å². The van der Waals surface area contributed by atoms with Crippen molar-refractivity contribution in [3.05, 3.63) is 140 Å². The second-order valence-electron chi connectivity index (χ2n) is 11.1. The molecule has 5 heterocycles. The van der Waals surface area contributed by atoms with Crippen molar-refractivity contribution >= 4 is 71.1 Å². The molecule has 0 saturated heterocycles. The van der Waals surface area contributed by atoms with Crippen molar-refractivity contribution in [3.63, 3.8) is 0 Å². The van der Waals surface area contributed by atoms with Gasteiger partial charge < -0.3 is 9.13 Å². The number of rotatable bonds is 2. The van der Waals surface area contributed by atoms with Crippen molar-refractivity contribution in [1.82, 2.24) is 23.5 Å². The minimum absolute atomic E-state index is 0.868. The molecule has 200 valence electrons. The normalized spacial score (nSPS) is 12.2. The standard InChI is InChI=1S/C38H23N5/c1-3-10-24(11-4-1)42-31-20-18-29-27-15-9-21-39-35(27)38-40-22-23-41(38)36(29)33(31)34-32(42)19-17-28-26-14-7-8-16-30(26)43(37(28)34)25-12-5-2-6-13-25/h1-23H. The summed E-state index contributed by atoms with van der Waals surface area (Å²) in [6, 6.07) is 43.5. The average molecular weight is 550 g/mol. The monoisotopic (exact) mass is 549 g/mol. The van der Waals surface area contributed by atoms with Gasteiger partial charge in [0.1, 0.15) is 5.52 Å². The molecule has 0 radical (unpaired) electrons. The maximum absolute atomic E-state index is 4.80. The minimum Gasteiger partial charge on any atom is -0.309 e. The molecule has 0 atom stereocenters. The Bertz CT molecular complexity index is 2710. The lowest BCUT2D eigenvalue weighted by Crippen LogP contribution is -1.95. The second-order valence-corrected chi connectivity index (χ2v) is 11.1. The van der Waals surface area contributed by atoms with Gasteiger partial charge in [0, 0.05) is 62.3 Å². The Morgan fingerprint density at radius 3 is 1.81 bits per heavy atom. The molecule has 0 spiro atoms. The summed E-state index contributed by atoms with van der Waals surface area (Å²) >= 11 is 0. The lowest BCUT2D eigenvalue weighted by Gasteiger charge is -2.11. The van der Waals surface area contributed by atoms with Gasteiger partial charge in [-0.15, -0.1) is 0 Å². The van der Waals surface area contributed by atoms with E-state index in [0.717, 1.165) is 44.3 Å². The van der Waals surface area contributed by atoms with Gasteiger partial charge in [-0.25, -0.2) is 4.98 Å². The van der Waals surface area contributed by atoms with E-state index in [-0.39, 0.29) is 0 Å².